The van der Waals surface area contributed by atoms with Gasteiger partial charge in [0, 0.05) is 36.7 Å². The van der Waals surface area contributed by atoms with Gasteiger partial charge in [0.1, 0.15) is 0 Å². The maximum absolute atomic E-state index is 11.7. The molecule has 0 spiro atoms. The van der Waals surface area contributed by atoms with E-state index in [4.69, 9.17) is 0 Å². The van der Waals surface area contributed by atoms with E-state index in [2.05, 4.69) is 16.2 Å². The van der Waals surface area contributed by atoms with Crippen LogP contribution in [0.3, 0.4) is 0 Å². The van der Waals surface area contributed by atoms with Gasteiger partial charge in [0.2, 0.25) is 11.8 Å². The maximum Gasteiger partial charge on any atom is 0.269 e. The van der Waals surface area contributed by atoms with Crippen LogP contribution in [0, 0.1) is 10.1 Å². The molecule has 28 heavy (non-hydrogen) atoms. The van der Waals surface area contributed by atoms with Gasteiger partial charge in [-0.25, -0.2) is 0 Å². The Morgan fingerprint density at radius 1 is 0.893 bits per heavy atom. The average molecular weight is 382 g/mol. The lowest BCUT2D eigenvalue weighted by Gasteiger charge is -2.06. The first-order valence-corrected chi connectivity index (χ1v) is 8.30. The Hall–Kier alpha value is -4.01. The average Bonchev–Trinajstić information content (AvgIpc) is 2.70. The van der Waals surface area contributed by atoms with Crippen LogP contribution < -0.4 is 16.2 Å². The second-order valence-corrected chi connectivity index (χ2v) is 5.63. The van der Waals surface area contributed by atoms with Crippen LogP contribution in [0.15, 0.2) is 60.7 Å². The summed E-state index contributed by atoms with van der Waals surface area (Å²) in [5.41, 5.74) is 5.57. The second-order valence-electron chi connectivity index (χ2n) is 5.63. The molecule has 0 aliphatic carbocycles. The Bertz CT molecular complexity index is 879. The molecular formula is C19H18N4O5. The van der Waals surface area contributed by atoms with E-state index in [9.17, 15) is 24.5 Å². The summed E-state index contributed by atoms with van der Waals surface area (Å²) in [5.74, 6) is -1.41. The third-order valence-electron chi connectivity index (χ3n) is 3.49. The molecule has 0 aliphatic rings. The third kappa shape index (κ3) is 7.08. The smallest absolute Gasteiger partial charge is 0.269 e. The predicted octanol–water partition coefficient (Wildman–Crippen LogP) is 2.17. The minimum Gasteiger partial charge on any atom is -0.326 e. The zero-order valence-electron chi connectivity index (χ0n) is 14.8. The fourth-order valence-electron chi connectivity index (χ4n) is 2.09. The molecular weight excluding hydrogens is 364 g/mol. The molecule has 0 aliphatic heterocycles. The van der Waals surface area contributed by atoms with Crippen LogP contribution in [0.4, 0.5) is 11.4 Å². The first-order valence-electron chi connectivity index (χ1n) is 8.30. The van der Waals surface area contributed by atoms with Crippen molar-refractivity contribution in [2.75, 3.05) is 5.32 Å². The van der Waals surface area contributed by atoms with Gasteiger partial charge in [0.05, 0.1) is 4.92 Å². The van der Waals surface area contributed by atoms with E-state index < -0.39 is 16.7 Å². The molecule has 2 rings (SSSR count). The third-order valence-corrected chi connectivity index (χ3v) is 3.49. The Kier molecular flexibility index (Phi) is 7.41. The number of nitro groups is 1. The largest absolute Gasteiger partial charge is 0.326 e. The quantitative estimate of drug-likeness (QED) is 0.384. The molecule has 0 atom stereocenters. The van der Waals surface area contributed by atoms with Crippen molar-refractivity contribution in [1.82, 2.24) is 10.9 Å². The number of hydrogen-bond donors (Lipinski definition) is 3. The Balaban J connectivity index is 1.69. The van der Waals surface area contributed by atoms with Gasteiger partial charge in [0.25, 0.3) is 11.6 Å². The highest BCUT2D eigenvalue weighted by atomic mass is 16.6. The molecule has 9 heteroatoms. The molecule has 2 aromatic carbocycles. The fourth-order valence-corrected chi connectivity index (χ4v) is 2.09. The number of benzene rings is 2. The molecule has 0 unspecified atom stereocenters. The number of carbonyl (C=O) groups is 3. The van der Waals surface area contributed by atoms with E-state index >= 15 is 0 Å². The van der Waals surface area contributed by atoms with Crippen molar-refractivity contribution in [2.24, 2.45) is 0 Å². The molecule has 2 aromatic rings. The van der Waals surface area contributed by atoms with Gasteiger partial charge in [-0.1, -0.05) is 18.2 Å². The van der Waals surface area contributed by atoms with Crippen molar-refractivity contribution < 1.29 is 19.3 Å². The molecule has 0 aromatic heterocycles. The monoisotopic (exact) mass is 382 g/mol. The SMILES string of the molecule is O=C(/C=C/c1ccc([N+](=O)[O-])cc1)NNC(=O)CCC(=O)Nc1ccccc1. The number of para-hydroxylation sites is 1. The van der Waals surface area contributed by atoms with E-state index in [0.717, 1.165) is 0 Å². The molecule has 3 N–H and O–H groups in total. The predicted molar refractivity (Wildman–Crippen MR) is 103 cm³/mol. The van der Waals surface area contributed by atoms with E-state index in [1.165, 1.54) is 36.4 Å². The maximum atomic E-state index is 11.7. The van der Waals surface area contributed by atoms with Crippen LogP contribution >= 0.6 is 0 Å². The topological polar surface area (TPSA) is 130 Å². The number of hydrogen-bond acceptors (Lipinski definition) is 5. The number of carbonyl (C=O) groups excluding carboxylic acids is 3. The highest BCUT2D eigenvalue weighted by molar-refractivity contribution is 5.95. The molecule has 9 nitrogen and oxygen atoms in total. The summed E-state index contributed by atoms with van der Waals surface area (Å²) >= 11 is 0. The summed E-state index contributed by atoms with van der Waals surface area (Å²) < 4.78 is 0. The first kappa shape index (κ1) is 20.3. The highest BCUT2D eigenvalue weighted by Gasteiger charge is 2.08. The lowest BCUT2D eigenvalue weighted by atomic mass is 10.2. The summed E-state index contributed by atoms with van der Waals surface area (Å²) in [5, 5.41) is 13.2. The molecule has 144 valence electrons. The molecule has 0 fully saturated rings. The normalized spacial score (nSPS) is 10.3. The zero-order valence-corrected chi connectivity index (χ0v) is 14.8. The van der Waals surface area contributed by atoms with Gasteiger partial charge in [0.15, 0.2) is 0 Å². The zero-order chi connectivity index (χ0) is 20.4. The van der Waals surface area contributed by atoms with Crippen molar-refractivity contribution in [2.45, 2.75) is 12.8 Å². The summed E-state index contributed by atoms with van der Waals surface area (Å²) in [6.07, 6.45) is 2.49. The van der Waals surface area contributed by atoms with Crippen LogP contribution in [0.1, 0.15) is 18.4 Å². The van der Waals surface area contributed by atoms with Gasteiger partial charge < -0.3 is 5.32 Å². The lowest BCUT2D eigenvalue weighted by Crippen LogP contribution is -2.41. The van der Waals surface area contributed by atoms with Crippen LogP contribution in [0.25, 0.3) is 6.08 Å². The number of nitro benzene ring substituents is 1. The number of nitrogens with zero attached hydrogens (tertiary/aromatic N) is 1. The number of nitrogens with one attached hydrogen (secondary N) is 3. The van der Waals surface area contributed by atoms with Crippen molar-refractivity contribution >= 4 is 35.2 Å². The van der Waals surface area contributed by atoms with Gasteiger partial charge in [-0.2, -0.15) is 0 Å². The highest BCUT2D eigenvalue weighted by Crippen LogP contribution is 2.12. The molecule has 3 amide bonds. The number of rotatable bonds is 7. The van der Waals surface area contributed by atoms with Crippen molar-refractivity contribution in [3.8, 4) is 0 Å². The number of non-ortho nitro benzene ring substituents is 1. The summed E-state index contributed by atoms with van der Waals surface area (Å²) in [7, 11) is 0. The van der Waals surface area contributed by atoms with Crippen LogP contribution in [0.2, 0.25) is 0 Å². The standard InChI is InChI=1S/C19H18N4O5/c24-17(20-15-4-2-1-3-5-15)12-13-19(26)22-21-18(25)11-8-14-6-9-16(10-7-14)23(27)28/h1-11H,12-13H2,(H,20,24)(H,21,25)(H,22,26)/b11-8+. The molecule has 0 bridgehead atoms. The van der Waals surface area contributed by atoms with Crippen molar-refractivity contribution in [3.05, 3.63) is 76.4 Å². The Labute approximate surface area is 160 Å². The summed E-state index contributed by atoms with van der Waals surface area (Å²) in [4.78, 5) is 45.2. The molecule has 0 heterocycles. The van der Waals surface area contributed by atoms with Gasteiger partial charge in [-0.15, -0.1) is 0 Å². The minimum atomic E-state index is -0.583. The number of amides is 3. The lowest BCUT2D eigenvalue weighted by molar-refractivity contribution is -0.384. The Morgan fingerprint density at radius 2 is 1.54 bits per heavy atom. The minimum absolute atomic E-state index is 0.0325. The fraction of sp³-hybridized carbons (Fsp3) is 0.105. The second kappa shape index (κ2) is 10.2. The van der Waals surface area contributed by atoms with Crippen LogP contribution in [-0.2, 0) is 14.4 Å². The number of hydrazine groups is 1. The van der Waals surface area contributed by atoms with E-state index in [1.807, 2.05) is 6.07 Å². The summed E-state index contributed by atoms with van der Waals surface area (Å²) in [6, 6.07) is 14.5. The number of anilines is 1. The Morgan fingerprint density at radius 3 is 2.18 bits per heavy atom. The summed E-state index contributed by atoms with van der Waals surface area (Å²) in [6.45, 7) is 0. The molecule has 0 saturated heterocycles. The first-order chi connectivity index (χ1) is 13.4. The van der Waals surface area contributed by atoms with Gasteiger partial charge >= 0.3 is 0 Å². The van der Waals surface area contributed by atoms with Gasteiger partial charge in [-0.05, 0) is 35.9 Å². The van der Waals surface area contributed by atoms with Crippen molar-refractivity contribution in [1.29, 1.82) is 0 Å². The molecule has 0 radical (unpaired) electrons. The van der Waals surface area contributed by atoms with E-state index in [-0.39, 0.29) is 24.4 Å². The van der Waals surface area contributed by atoms with Crippen molar-refractivity contribution in [3.63, 3.8) is 0 Å². The molecule has 0 saturated carbocycles. The van der Waals surface area contributed by atoms with Gasteiger partial charge in [-0.3, -0.25) is 35.3 Å². The van der Waals surface area contributed by atoms with Crippen LogP contribution in [-0.4, -0.2) is 22.6 Å². The van der Waals surface area contributed by atoms with Crippen LogP contribution in [0.5, 0.6) is 0 Å². The van der Waals surface area contributed by atoms with E-state index in [0.29, 0.717) is 11.3 Å². The van der Waals surface area contributed by atoms with E-state index in [1.54, 1.807) is 24.3 Å².